The van der Waals surface area contributed by atoms with Crippen LogP contribution in [-0.2, 0) is 11.8 Å². The lowest BCUT2D eigenvalue weighted by Crippen LogP contribution is -1.74. The number of hydrogen-bond acceptors (Lipinski definition) is 1. The van der Waals surface area contributed by atoms with Crippen LogP contribution < -0.4 is 0 Å². The van der Waals surface area contributed by atoms with E-state index in [2.05, 4.69) is 375 Å². The first-order valence-electron chi connectivity index (χ1n) is 19.2. The van der Waals surface area contributed by atoms with Crippen LogP contribution in [0.5, 0.6) is 0 Å². The Labute approximate surface area is 676 Å². The van der Waals surface area contributed by atoms with Crippen LogP contribution in [0.4, 0.5) is 0 Å². The molecule has 0 saturated carbocycles. The van der Waals surface area contributed by atoms with Gasteiger partial charge in [-0.2, -0.15) is 0 Å². The standard InChI is InChI=1S/CH4.H84P84S/c;1-44(2)66(45(3)4)76(64(41)42)83(75(62(37)38)63(39)40)78(84(81(71(54(21)22)55(23)24)72(56(25)26)57(27)28)82(73(58(29)30)59(31)32)74(60(33)34)61(35)36)65(43-85)77(79(67(46(5)6)47(7)8)68(48(9)10)49(11)12)80(69(50(13)14)51(15)16)70(52(17)18)53(19)20/h1H4;1-42H2. The topological polar surface area (TPSA) is 0 Å². The van der Waals surface area contributed by atoms with Crippen LogP contribution in [0.3, 0.4) is 0 Å². The van der Waals surface area contributed by atoms with Gasteiger partial charge in [0.2, 0.25) is 0 Å². The summed E-state index contributed by atoms with van der Waals surface area (Å²) in [7, 11) is 155. The third kappa shape index (κ3) is 43.5. The highest BCUT2D eigenvalue weighted by molar-refractivity contribution is 9.57. The minimum absolute atomic E-state index is 0. The second kappa shape index (κ2) is 68.2. The third-order valence-electron chi connectivity index (χ3n) is 7.45. The first-order valence-corrected chi connectivity index (χ1v) is 173. The van der Waals surface area contributed by atoms with Crippen LogP contribution in [-0.4, -0.2) is 0 Å². The molecule has 0 saturated heterocycles. The number of hydrogen-bond donors (Lipinski definition) is 0. The molecule has 0 nitrogen and oxygen atoms in total. The lowest BCUT2D eigenvalue weighted by molar-refractivity contribution is 2.50. The molecule has 518 valence electrons. The van der Waals surface area contributed by atoms with Gasteiger partial charge in [0.25, 0.3) is 0 Å². The molecule has 0 rings (SSSR count). The Balaban J connectivity index is 0. The van der Waals surface area contributed by atoms with Gasteiger partial charge in [-0.25, -0.2) is 0 Å². The van der Waals surface area contributed by atoms with E-state index in [9.17, 15) is 0 Å². The van der Waals surface area contributed by atoms with Crippen LogP contribution in [0.1, 0.15) is 7.43 Å². The Morgan fingerprint density at radius 1 is 0.128 bits per heavy atom. The fourth-order valence-corrected chi connectivity index (χ4v) is 1250. The summed E-state index contributed by atoms with van der Waals surface area (Å²) in [5.41, 5.74) is 0. The zero-order valence-electron chi connectivity index (χ0n) is 43.4. The Kier molecular flexibility index (Phi) is 98.6. The second-order valence-electron chi connectivity index (χ2n) is 13.4. The molecule has 0 fully saturated rings. The summed E-state index contributed by atoms with van der Waals surface area (Å²) in [6.45, 7) is -15.8. The van der Waals surface area contributed by atoms with E-state index in [0.29, 0.717) is 0 Å². The molecule has 85 heteroatoms. The van der Waals surface area contributed by atoms with Crippen molar-refractivity contribution in [3.63, 3.8) is 0 Å². The van der Waals surface area contributed by atoms with Crippen molar-refractivity contribution in [3.05, 3.63) is 0 Å². The predicted octanol–water partition coefficient (Wildman–Crippen LogP) is 50.5. The average molecular weight is 2730 g/mol. The minimum Gasteiger partial charge on any atom is -0.102 e. The molecule has 0 aliphatic rings. The van der Waals surface area contributed by atoms with Crippen LogP contribution >= 0.6 is 669 Å². The van der Waals surface area contributed by atoms with Crippen molar-refractivity contribution >= 4 is 680 Å². The summed E-state index contributed by atoms with van der Waals surface area (Å²) in [5.74, 6) is 0. The van der Waals surface area contributed by atoms with Gasteiger partial charge in [0, 0.05) is 42.0 Å². The molecule has 0 aromatic rings. The highest BCUT2D eigenvalue weighted by Crippen LogP contribution is 3.51. The van der Waals surface area contributed by atoms with Gasteiger partial charge >= 0.3 is 0 Å². The van der Waals surface area contributed by atoms with Crippen molar-refractivity contribution in [2.24, 2.45) is 0 Å². The zero-order valence-corrected chi connectivity index (χ0v) is 130. The molecule has 0 amide bonds. The van der Waals surface area contributed by atoms with E-state index in [0.717, 1.165) is 0 Å². The molecule has 86 heavy (non-hydrogen) atoms. The Bertz CT molecular complexity index is 1480. The lowest BCUT2D eigenvalue weighted by Gasteiger charge is -2.61. The first-order chi connectivity index (χ1) is 38.7. The lowest BCUT2D eigenvalue weighted by atomic mass is 12.0. The zero-order chi connectivity index (χ0) is 67.4. The quantitative estimate of drug-likeness (QED) is 0.0550. The van der Waals surface area contributed by atoms with Crippen LogP contribution in [0, 0.1) is 0 Å². The van der Waals surface area contributed by atoms with E-state index < -0.39 is 83.8 Å². The van der Waals surface area contributed by atoms with Crippen LogP contribution in [0.15, 0.2) is 0 Å². The summed E-state index contributed by atoms with van der Waals surface area (Å²) >= 11 is 7.82. The van der Waals surface area contributed by atoms with Crippen molar-refractivity contribution in [2.45, 2.75) is 7.43 Å². The van der Waals surface area contributed by atoms with E-state index in [4.69, 9.17) is 11.8 Å². The smallest absolute Gasteiger partial charge is 0.0292 e. The van der Waals surface area contributed by atoms with Crippen molar-refractivity contribution in [2.75, 3.05) is 0 Å². The molecule has 0 aliphatic heterocycles. The largest absolute Gasteiger partial charge is 0.102 e. The molecule has 46 atom stereocenters. The average Bonchev–Trinajstić information content (AvgIpc) is 3.28. The fraction of sp³-hybridized carbons (Fsp3) is 1.00. The van der Waals surface area contributed by atoms with E-state index >= 15 is 0 Å². The summed E-state index contributed by atoms with van der Waals surface area (Å²) in [4.78, 5) is 0. The van der Waals surface area contributed by atoms with Crippen LogP contribution in [0.2, 0.25) is 0 Å². The molecule has 0 spiro atoms. The maximum atomic E-state index is 7.82. The molecule has 0 aliphatic carbocycles. The van der Waals surface area contributed by atoms with Gasteiger partial charge < -0.3 is 0 Å². The van der Waals surface area contributed by atoms with Crippen molar-refractivity contribution in [3.8, 4) is 0 Å². The van der Waals surface area contributed by atoms with Gasteiger partial charge in [0.05, 0.1) is 0 Å². The molecule has 0 aromatic heterocycles. The van der Waals surface area contributed by atoms with E-state index in [1.165, 1.54) is 7.04 Å². The molecule has 0 N–H and O–H groups in total. The SMILES string of the molecule is C.PP(P)P(P(P)P)P(P(P)P)P(P(P(P)P)P(P)P)P(P(P=S)P(P(P(P(P)P)P(P)P)P(P(P)P)P(P)P)P(P(P(P)P)P(P)P)P(P(P)P)P(P)P)P(P(P(P(P)P)P(P)P)P(P(P)P)P(P)P)P(P(P(P)P)P(P)P)P(P(P)P)P(P)P. The summed E-state index contributed by atoms with van der Waals surface area (Å²) in [6, 6.07) is 0. The van der Waals surface area contributed by atoms with Gasteiger partial charge in [0.1, 0.15) is 0 Å². The monoisotopic (exact) mass is 2730 g/mol. The predicted molar refractivity (Wildman–Crippen MR) is 713 cm³/mol. The molecule has 46 unspecified atom stereocenters. The number of rotatable bonds is 41. The van der Waals surface area contributed by atoms with Crippen LogP contribution in [0.25, 0.3) is 0 Å². The first kappa shape index (κ1) is 124. The van der Waals surface area contributed by atoms with E-state index in [1.807, 2.05) is 0 Å². The highest BCUT2D eigenvalue weighted by atomic mass is 33.6. The minimum atomic E-state index is -0.632. The molecular weight excluding hydrogens is 2650 g/mol. The summed E-state index contributed by atoms with van der Waals surface area (Å²) in [6.07, 6.45) is 0. The molecular formula is CH88P84S. The molecule has 0 bridgehead atoms. The molecule has 0 heterocycles. The molecule has 0 radical (unpaired) electrons. The van der Waals surface area contributed by atoms with Gasteiger partial charge in [-0.15, -0.1) is 375 Å². The third-order valence-corrected chi connectivity index (χ3v) is 604. The van der Waals surface area contributed by atoms with Gasteiger partial charge in [-0.3, -0.25) is 0 Å². The van der Waals surface area contributed by atoms with Crippen molar-refractivity contribution < 1.29 is 0 Å². The van der Waals surface area contributed by atoms with Gasteiger partial charge in [0.15, 0.2) is 0 Å². The Morgan fingerprint density at radius 3 is 0.314 bits per heavy atom. The Morgan fingerprint density at radius 2 is 0.209 bits per heavy atom. The fourth-order valence-electron chi connectivity index (χ4n) is 5.15. The summed E-state index contributed by atoms with van der Waals surface area (Å²) < 4.78 is 0. The Hall–Kier alpha value is 36.2. The molecule has 0 aromatic carbocycles. The summed E-state index contributed by atoms with van der Waals surface area (Å²) in [5, 5.41) is 0. The van der Waals surface area contributed by atoms with E-state index in [-0.39, 0.29) is 210 Å². The maximum Gasteiger partial charge on any atom is 0.0292 e. The van der Waals surface area contributed by atoms with Gasteiger partial charge in [-0.05, 0) is 252 Å². The van der Waals surface area contributed by atoms with E-state index in [1.54, 1.807) is 0 Å². The highest BCUT2D eigenvalue weighted by Gasteiger charge is 2.64. The van der Waals surface area contributed by atoms with Crippen molar-refractivity contribution in [1.29, 1.82) is 0 Å². The maximum absolute atomic E-state index is 7.82. The second-order valence-corrected chi connectivity index (χ2v) is 363. The van der Waals surface area contributed by atoms with Crippen molar-refractivity contribution in [1.82, 2.24) is 0 Å². The normalized spacial score (nSPS) is 15.8. The van der Waals surface area contributed by atoms with Gasteiger partial charge in [-0.1, -0.05) is 19.2 Å².